The molecule has 2 nitrogen and oxygen atoms in total. The Morgan fingerprint density at radius 1 is 1.36 bits per heavy atom. The van der Waals surface area contributed by atoms with Crippen LogP contribution in [-0.4, -0.2) is 0 Å². The maximum Gasteiger partial charge on any atom is 0.175 e. The smallest absolute Gasteiger partial charge is 0.175 e. The number of anilines is 2. The van der Waals surface area contributed by atoms with Gasteiger partial charge in [0.2, 0.25) is 0 Å². The third kappa shape index (κ3) is 1.81. The van der Waals surface area contributed by atoms with Gasteiger partial charge in [0.25, 0.3) is 0 Å². The summed E-state index contributed by atoms with van der Waals surface area (Å²) in [6, 6.07) is 0.518. The number of benzene rings is 1. The number of hydrogen-bond acceptors (Lipinski definition) is 2. The molecular formula is C9H9F3N2. The van der Waals surface area contributed by atoms with E-state index in [0.717, 1.165) is 0 Å². The van der Waals surface area contributed by atoms with Crippen molar-refractivity contribution in [1.82, 2.24) is 0 Å². The minimum Gasteiger partial charge on any atom is -0.394 e. The van der Waals surface area contributed by atoms with Crippen molar-refractivity contribution in [2.75, 3.05) is 11.1 Å². The molecule has 5 heteroatoms. The van der Waals surface area contributed by atoms with E-state index >= 15 is 0 Å². The first kappa shape index (κ1) is 10.4. The van der Waals surface area contributed by atoms with E-state index in [-0.39, 0.29) is 0 Å². The molecule has 0 aliphatic rings. The van der Waals surface area contributed by atoms with E-state index in [1.807, 2.05) is 0 Å². The molecule has 0 unspecified atom stereocenters. The van der Waals surface area contributed by atoms with Crippen molar-refractivity contribution < 1.29 is 13.2 Å². The number of rotatable bonds is 2. The summed E-state index contributed by atoms with van der Waals surface area (Å²) < 4.78 is 38.9. The molecule has 0 aliphatic carbocycles. The molecule has 76 valence electrons. The molecule has 1 rings (SSSR count). The van der Waals surface area contributed by atoms with Crippen molar-refractivity contribution in [1.29, 1.82) is 0 Å². The molecule has 0 amide bonds. The number of nitrogens with two attached hydrogens (primary N) is 1. The van der Waals surface area contributed by atoms with Crippen LogP contribution in [0.3, 0.4) is 0 Å². The normalized spacial score (nSPS) is 10.0. The minimum atomic E-state index is -1.15. The van der Waals surface area contributed by atoms with Gasteiger partial charge in [-0.2, -0.15) is 0 Å². The topological polar surface area (TPSA) is 38.0 Å². The summed E-state index contributed by atoms with van der Waals surface area (Å²) in [7, 11) is 0. The van der Waals surface area contributed by atoms with E-state index in [2.05, 4.69) is 11.9 Å². The van der Waals surface area contributed by atoms with Gasteiger partial charge >= 0.3 is 0 Å². The van der Waals surface area contributed by atoms with Gasteiger partial charge in [0.05, 0.1) is 0 Å². The molecule has 0 radical (unpaired) electrons. The highest BCUT2D eigenvalue weighted by atomic mass is 19.1. The Hall–Kier alpha value is -1.65. The quantitative estimate of drug-likeness (QED) is 0.723. The zero-order valence-electron chi connectivity index (χ0n) is 7.50. The number of nitrogens with one attached hydrogen (secondary N) is 1. The van der Waals surface area contributed by atoms with Crippen molar-refractivity contribution in [3.8, 4) is 0 Å². The maximum absolute atomic E-state index is 13.2. The molecule has 0 aromatic heterocycles. The molecule has 0 fully saturated rings. The predicted molar refractivity (Wildman–Crippen MR) is 49.2 cm³/mol. The largest absolute Gasteiger partial charge is 0.394 e. The first-order chi connectivity index (χ1) is 6.43. The van der Waals surface area contributed by atoms with Crippen molar-refractivity contribution in [3.63, 3.8) is 0 Å². The predicted octanol–water partition coefficient (Wildman–Crippen LogP) is 2.63. The summed E-state index contributed by atoms with van der Waals surface area (Å²) in [5, 5.41) is 2.32. The SMILES string of the molecule is C=C(C)Nc1c(F)cc(F)c(N)c1F. The molecule has 0 atom stereocenters. The maximum atomic E-state index is 13.2. The third-order valence-electron chi connectivity index (χ3n) is 1.54. The zero-order chi connectivity index (χ0) is 10.9. The summed E-state index contributed by atoms with van der Waals surface area (Å²) >= 11 is 0. The van der Waals surface area contributed by atoms with Gasteiger partial charge in [-0.15, -0.1) is 0 Å². The van der Waals surface area contributed by atoms with Crippen LogP contribution in [0.5, 0.6) is 0 Å². The van der Waals surface area contributed by atoms with Crippen molar-refractivity contribution in [3.05, 3.63) is 35.8 Å². The molecule has 14 heavy (non-hydrogen) atoms. The van der Waals surface area contributed by atoms with Crippen molar-refractivity contribution in [2.45, 2.75) is 6.92 Å². The van der Waals surface area contributed by atoms with Crippen LogP contribution in [0.2, 0.25) is 0 Å². The van der Waals surface area contributed by atoms with Crippen LogP contribution in [0, 0.1) is 17.5 Å². The Balaban J connectivity index is 3.29. The third-order valence-corrected chi connectivity index (χ3v) is 1.54. The molecule has 0 saturated carbocycles. The van der Waals surface area contributed by atoms with E-state index in [9.17, 15) is 13.2 Å². The first-order valence-electron chi connectivity index (χ1n) is 3.79. The van der Waals surface area contributed by atoms with Crippen LogP contribution in [0.4, 0.5) is 24.5 Å². The van der Waals surface area contributed by atoms with Crippen molar-refractivity contribution >= 4 is 11.4 Å². The second kappa shape index (κ2) is 3.61. The Bertz CT molecular complexity index is 388. The van der Waals surface area contributed by atoms with Crippen LogP contribution < -0.4 is 11.1 Å². The van der Waals surface area contributed by atoms with E-state index in [4.69, 9.17) is 5.73 Å². The molecule has 0 aliphatic heterocycles. The fourth-order valence-corrected chi connectivity index (χ4v) is 0.933. The van der Waals surface area contributed by atoms with Crippen LogP contribution >= 0.6 is 0 Å². The molecule has 1 aromatic rings. The molecule has 1 aromatic carbocycles. The highest BCUT2D eigenvalue weighted by Crippen LogP contribution is 2.27. The highest BCUT2D eigenvalue weighted by Gasteiger charge is 2.16. The monoisotopic (exact) mass is 202 g/mol. The van der Waals surface area contributed by atoms with E-state index < -0.39 is 28.8 Å². The second-order valence-corrected chi connectivity index (χ2v) is 2.85. The lowest BCUT2D eigenvalue weighted by molar-refractivity contribution is 0.554. The fraction of sp³-hybridized carbons (Fsp3) is 0.111. The molecule has 0 saturated heterocycles. The van der Waals surface area contributed by atoms with E-state index in [1.54, 1.807) is 0 Å². The second-order valence-electron chi connectivity index (χ2n) is 2.85. The van der Waals surface area contributed by atoms with Gasteiger partial charge in [0, 0.05) is 11.8 Å². The Morgan fingerprint density at radius 2 is 1.93 bits per heavy atom. The van der Waals surface area contributed by atoms with Crippen LogP contribution in [0.25, 0.3) is 0 Å². The summed E-state index contributed by atoms with van der Waals surface area (Å²) in [6.07, 6.45) is 0. The van der Waals surface area contributed by atoms with Gasteiger partial charge in [0.15, 0.2) is 17.5 Å². The molecular weight excluding hydrogens is 193 g/mol. The lowest BCUT2D eigenvalue weighted by Gasteiger charge is -2.09. The lowest BCUT2D eigenvalue weighted by Crippen LogP contribution is -2.05. The van der Waals surface area contributed by atoms with Gasteiger partial charge < -0.3 is 11.1 Å². The Morgan fingerprint density at radius 3 is 2.43 bits per heavy atom. The number of halogens is 3. The van der Waals surface area contributed by atoms with Gasteiger partial charge in [0.1, 0.15) is 11.4 Å². The average Bonchev–Trinajstić information content (AvgIpc) is 2.09. The summed E-state index contributed by atoms with van der Waals surface area (Å²) in [4.78, 5) is 0. The molecule has 0 spiro atoms. The number of nitrogen functional groups attached to an aromatic ring is 1. The lowest BCUT2D eigenvalue weighted by atomic mass is 10.2. The first-order valence-corrected chi connectivity index (χ1v) is 3.79. The van der Waals surface area contributed by atoms with Gasteiger partial charge in [-0.25, -0.2) is 13.2 Å². The van der Waals surface area contributed by atoms with Gasteiger partial charge in [-0.3, -0.25) is 0 Å². The summed E-state index contributed by atoms with van der Waals surface area (Å²) in [5.74, 6) is -3.31. The standard InChI is InChI=1S/C9H9F3N2/c1-4(2)14-9-6(11)3-5(10)8(13)7(9)12/h3,14H,1,13H2,2H3. The Kier molecular flexibility index (Phi) is 2.69. The molecule has 0 heterocycles. The van der Waals surface area contributed by atoms with Crippen LogP contribution in [0.1, 0.15) is 6.92 Å². The van der Waals surface area contributed by atoms with Gasteiger partial charge in [-0.05, 0) is 6.92 Å². The van der Waals surface area contributed by atoms with Gasteiger partial charge in [-0.1, -0.05) is 6.58 Å². The molecule has 3 N–H and O–H groups in total. The van der Waals surface area contributed by atoms with Crippen LogP contribution in [-0.2, 0) is 0 Å². The fourth-order valence-electron chi connectivity index (χ4n) is 0.933. The summed E-state index contributed by atoms with van der Waals surface area (Å²) in [5.41, 5.74) is 4.17. The zero-order valence-corrected chi connectivity index (χ0v) is 7.50. The van der Waals surface area contributed by atoms with E-state index in [0.29, 0.717) is 11.8 Å². The average molecular weight is 202 g/mol. The minimum absolute atomic E-state index is 0.328. The molecule has 0 bridgehead atoms. The Labute approximate surface area is 79.2 Å². The highest BCUT2D eigenvalue weighted by molar-refractivity contribution is 5.59. The number of hydrogen-bond donors (Lipinski definition) is 2. The van der Waals surface area contributed by atoms with Crippen LogP contribution in [0.15, 0.2) is 18.3 Å². The number of allylic oxidation sites excluding steroid dienone is 1. The van der Waals surface area contributed by atoms with E-state index in [1.165, 1.54) is 6.92 Å². The van der Waals surface area contributed by atoms with Crippen molar-refractivity contribution in [2.24, 2.45) is 0 Å². The summed E-state index contributed by atoms with van der Waals surface area (Å²) in [6.45, 7) is 4.92.